The van der Waals surface area contributed by atoms with Gasteiger partial charge in [0, 0.05) is 0 Å². The molecule has 0 radical (unpaired) electrons. The van der Waals surface area contributed by atoms with Crippen LogP contribution in [-0.2, 0) is 0 Å². The molecule has 0 bridgehead atoms. The fraction of sp³-hybridized carbons (Fsp3) is 1.00. The zero-order valence-corrected chi connectivity index (χ0v) is 8.49. The lowest BCUT2D eigenvalue weighted by molar-refractivity contribution is 0.504. The van der Waals surface area contributed by atoms with E-state index in [1.807, 2.05) is 0 Å². The first-order valence-electron chi connectivity index (χ1n) is 6.00. The van der Waals surface area contributed by atoms with Crippen molar-refractivity contribution in [1.29, 1.82) is 0 Å². The third-order valence-corrected chi connectivity index (χ3v) is 3.00. The predicted molar refractivity (Wildman–Crippen MR) is 55.4 cm³/mol. The van der Waals surface area contributed by atoms with Gasteiger partial charge in [0.15, 0.2) is 0 Å². The molecule has 72 valence electrons. The summed E-state index contributed by atoms with van der Waals surface area (Å²) in [6.07, 6.45) is 18.0. The molecular weight excluding hydrogens is 144 g/mol. The van der Waals surface area contributed by atoms with Gasteiger partial charge in [-0.25, -0.2) is 0 Å². The molecule has 0 saturated heterocycles. The Balaban J connectivity index is 0.0000000900. The van der Waals surface area contributed by atoms with Gasteiger partial charge in [-0.2, -0.15) is 0 Å². The molecule has 0 spiro atoms. The van der Waals surface area contributed by atoms with E-state index in [0.717, 1.165) is 0 Å². The molecule has 0 N–H and O–H groups in total. The zero-order valence-electron chi connectivity index (χ0n) is 8.49. The third-order valence-electron chi connectivity index (χ3n) is 3.00. The lowest BCUT2D eigenvalue weighted by Crippen LogP contribution is -1.85. The largest absolute Gasteiger partial charge is 0.0533 e. The van der Waals surface area contributed by atoms with Crippen LogP contribution < -0.4 is 0 Å². The van der Waals surface area contributed by atoms with Gasteiger partial charge in [-0.1, -0.05) is 77.0 Å². The Morgan fingerprint density at radius 2 is 0.250 bits per heavy atom. The smallest absolute Gasteiger partial charge is 0.0533 e. The van der Waals surface area contributed by atoms with Crippen molar-refractivity contribution in [2.24, 2.45) is 0 Å². The van der Waals surface area contributed by atoms with Crippen molar-refractivity contribution < 1.29 is 0 Å². The lowest BCUT2D eigenvalue weighted by Gasteiger charge is -2.05. The maximum absolute atomic E-state index is 1.50. The molecule has 12 heavy (non-hydrogen) atoms. The second-order valence-electron chi connectivity index (χ2n) is 4.24. The summed E-state index contributed by atoms with van der Waals surface area (Å²) in [6.45, 7) is 0. The number of hydrogen-bond acceptors (Lipinski definition) is 0. The average molecular weight is 168 g/mol. The van der Waals surface area contributed by atoms with E-state index in [1.165, 1.54) is 77.0 Å². The summed E-state index contributed by atoms with van der Waals surface area (Å²) in [5.41, 5.74) is 0. The standard InChI is InChI=1S/3C4H8/c3*1-2-4-3-1/h3*1-4H2. The van der Waals surface area contributed by atoms with Gasteiger partial charge in [0.25, 0.3) is 0 Å². The van der Waals surface area contributed by atoms with Crippen molar-refractivity contribution in [2.75, 3.05) is 0 Å². The van der Waals surface area contributed by atoms with Crippen LogP contribution in [0.1, 0.15) is 77.0 Å². The molecular formula is C12H24. The van der Waals surface area contributed by atoms with E-state index in [-0.39, 0.29) is 0 Å². The van der Waals surface area contributed by atoms with Crippen LogP contribution >= 0.6 is 0 Å². The quantitative estimate of drug-likeness (QED) is 0.492. The maximum atomic E-state index is 1.50. The number of hydrogen-bond donors (Lipinski definition) is 0. The van der Waals surface area contributed by atoms with E-state index in [0.29, 0.717) is 0 Å². The molecule has 0 aliphatic heterocycles. The molecule has 0 unspecified atom stereocenters. The van der Waals surface area contributed by atoms with Gasteiger partial charge < -0.3 is 0 Å². The summed E-state index contributed by atoms with van der Waals surface area (Å²) in [5.74, 6) is 0. The van der Waals surface area contributed by atoms with Gasteiger partial charge in [-0.15, -0.1) is 0 Å². The Bertz CT molecular complexity index is 43.0. The van der Waals surface area contributed by atoms with Crippen molar-refractivity contribution in [3.63, 3.8) is 0 Å². The first-order chi connectivity index (χ1) is 6.00. The first-order valence-corrected chi connectivity index (χ1v) is 6.00. The van der Waals surface area contributed by atoms with Crippen molar-refractivity contribution in [1.82, 2.24) is 0 Å². The van der Waals surface area contributed by atoms with Crippen LogP contribution in [0.3, 0.4) is 0 Å². The van der Waals surface area contributed by atoms with Gasteiger partial charge in [-0.3, -0.25) is 0 Å². The molecule has 0 amide bonds. The summed E-state index contributed by atoms with van der Waals surface area (Å²) in [5, 5.41) is 0. The molecule has 0 heterocycles. The maximum Gasteiger partial charge on any atom is -0.0533 e. The molecule has 3 aliphatic carbocycles. The van der Waals surface area contributed by atoms with Crippen LogP contribution in [0.15, 0.2) is 0 Å². The van der Waals surface area contributed by atoms with Crippen molar-refractivity contribution >= 4 is 0 Å². The van der Waals surface area contributed by atoms with Crippen molar-refractivity contribution in [3.05, 3.63) is 0 Å². The minimum absolute atomic E-state index is 1.50. The van der Waals surface area contributed by atoms with Crippen LogP contribution in [0.2, 0.25) is 0 Å². The molecule has 3 rings (SSSR count). The van der Waals surface area contributed by atoms with Crippen LogP contribution in [-0.4, -0.2) is 0 Å². The Morgan fingerprint density at radius 1 is 0.167 bits per heavy atom. The monoisotopic (exact) mass is 168 g/mol. The van der Waals surface area contributed by atoms with Crippen LogP contribution in [0, 0.1) is 0 Å². The molecule has 3 saturated carbocycles. The molecule has 3 fully saturated rings. The Hall–Kier alpha value is 0. The van der Waals surface area contributed by atoms with Gasteiger partial charge in [0.1, 0.15) is 0 Å². The van der Waals surface area contributed by atoms with Crippen LogP contribution in [0.25, 0.3) is 0 Å². The first kappa shape index (κ1) is 10.1. The molecule has 0 aromatic rings. The van der Waals surface area contributed by atoms with Gasteiger partial charge >= 0.3 is 0 Å². The van der Waals surface area contributed by atoms with Crippen molar-refractivity contribution in [3.8, 4) is 0 Å². The molecule has 0 aromatic heterocycles. The normalized spacial score (nSPS) is 24.0. The molecule has 0 nitrogen and oxygen atoms in total. The SMILES string of the molecule is C1CCC1.C1CCC1.C1CCC1. The Kier molecular flexibility index (Phi) is 6.42. The fourth-order valence-corrected chi connectivity index (χ4v) is 0.750. The summed E-state index contributed by atoms with van der Waals surface area (Å²) < 4.78 is 0. The highest BCUT2D eigenvalue weighted by molar-refractivity contribution is 4.51. The minimum atomic E-state index is 1.50. The van der Waals surface area contributed by atoms with E-state index >= 15 is 0 Å². The Labute approximate surface area is 77.7 Å². The van der Waals surface area contributed by atoms with Gasteiger partial charge in [0.05, 0.1) is 0 Å². The number of rotatable bonds is 0. The van der Waals surface area contributed by atoms with E-state index in [4.69, 9.17) is 0 Å². The molecule has 0 atom stereocenters. The van der Waals surface area contributed by atoms with Crippen LogP contribution in [0.5, 0.6) is 0 Å². The lowest BCUT2D eigenvalue weighted by atomic mass is 10.0. The fourth-order valence-electron chi connectivity index (χ4n) is 0.750. The highest BCUT2D eigenvalue weighted by Gasteiger charge is 1.96. The summed E-state index contributed by atoms with van der Waals surface area (Å²) in [7, 11) is 0. The topological polar surface area (TPSA) is 0 Å². The van der Waals surface area contributed by atoms with Gasteiger partial charge in [0.2, 0.25) is 0 Å². The zero-order chi connectivity index (χ0) is 8.49. The third kappa shape index (κ3) is 5.62. The van der Waals surface area contributed by atoms with E-state index in [9.17, 15) is 0 Å². The van der Waals surface area contributed by atoms with E-state index in [1.54, 1.807) is 0 Å². The molecule has 3 aliphatic rings. The minimum Gasteiger partial charge on any atom is -0.0533 e. The summed E-state index contributed by atoms with van der Waals surface area (Å²) >= 11 is 0. The van der Waals surface area contributed by atoms with Crippen molar-refractivity contribution in [2.45, 2.75) is 77.0 Å². The molecule has 0 heteroatoms. The second-order valence-corrected chi connectivity index (χ2v) is 4.24. The van der Waals surface area contributed by atoms with Crippen LogP contribution in [0.4, 0.5) is 0 Å². The Morgan fingerprint density at radius 3 is 0.250 bits per heavy atom. The molecule has 0 aromatic carbocycles. The highest BCUT2D eigenvalue weighted by atomic mass is 14.0. The average Bonchev–Trinajstić information content (AvgIpc) is 1.41. The summed E-state index contributed by atoms with van der Waals surface area (Å²) in [6, 6.07) is 0. The van der Waals surface area contributed by atoms with E-state index < -0.39 is 0 Å². The predicted octanol–water partition coefficient (Wildman–Crippen LogP) is 4.68. The highest BCUT2D eigenvalue weighted by Crippen LogP contribution is 2.15. The second kappa shape index (κ2) is 7.64. The summed E-state index contributed by atoms with van der Waals surface area (Å²) in [4.78, 5) is 0. The van der Waals surface area contributed by atoms with Gasteiger partial charge in [-0.05, 0) is 0 Å². The van der Waals surface area contributed by atoms with E-state index in [2.05, 4.69) is 0 Å².